The first-order chi connectivity index (χ1) is 17.1. The Labute approximate surface area is 206 Å². The van der Waals surface area contributed by atoms with Crippen molar-refractivity contribution in [2.24, 2.45) is 0 Å². The van der Waals surface area contributed by atoms with Crippen LogP contribution in [0.4, 0.5) is 18.9 Å². The lowest BCUT2D eigenvalue weighted by Gasteiger charge is -2.31. The molecule has 2 aliphatic heterocycles. The second kappa shape index (κ2) is 9.40. The number of hydrogen-bond donors (Lipinski definition) is 0. The summed E-state index contributed by atoms with van der Waals surface area (Å²) in [5.41, 5.74) is -4.05. The van der Waals surface area contributed by atoms with Crippen molar-refractivity contribution < 1.29 is 30.5 Å². The summed E-state index contributed by atoms with van der Waals surface area (Å²) in [6.45, 7) is 1.79. The molecule has 192 valence electrons. The molecule has 0 amide bonds. The fraction of sp³-hybridized carbons (Fsp3) is 0.417. The number of rotatable bonds is 6. The van der Waals surface area contributed by atoms with Gasteiger partial charge in [-0.1, -0.05) is 36.4 Å². The summed E-state index contributed by atoms with van der Waals surface area (Å²) in [6, 6.07) is 13.7. The highest BCUT2D eigenvalue weighted by Crippen LogP contribution is 2.35. The number of likely N-dealkylation sites (N-methyl/N-ethyl adjacent to an activating group) is 1. The first-order valence-electron chi connectivity index (χ1n) is 11.6. The Morgan fingerprint density at radius 1 is 1.08 bits per heavy atom. The molecule has 3 aromatic rings. The van der Waals surface area contributed by atoms with Gasteiger partial charge in [0.05, 0.1) is 12.2 Å². The Balaban J connectivity index is 1.49. The molecular weight excluding hydrogens is 497 g/mol. The van der Waals surface area contributed by atoms with E-state index >= 15 is 0 Å². The monoisotopic (exact) mass is 522 g/mol. The van der Waals surface area contributed by atoms with Gasteiger partial charge in [-0.15, -0.1) is 0 Å². The molecule has 0 spiro atoms. The van der Waals surface area contributed by atoms with Crippen molar-refractivity contribution in [2.75, 3.05) is 31.6 Å². The van der Waals surface area contributed by atoms with E-state index in [2.05, 4.69) is 19.1 Å². The molecule has 36 heavy (non-hydrogen) atoms. The first-order valence-corrected chi connectivity index (χ1v) is 13.0. The molecule has 0 aliphatic carbocycles. The SMILES string of the molecule is CN1CCC[C@H]1COc1nc2c(c(OS(=O)(=O)C(F)(F)F)n1)CCN(c1cccc3ccccc13)C2. The number of alkyl halides is 3. The fourth-order valence-electron chi connectivity index (χ4n) is 4.71. The molecule has 2 aromatic carbocycles. The van der Waals surface area contributed by atoms with E-state index in [1.165, 1.54) is 0 Å². The molecule has 1 saturated heterocycles. The molecule has 0 unspecified atom stereocenters. The van der Waals surface area contributed by atoms with Crippen LogP contribution in [0.2, 0.25) is 0 Å². The maximum Gasteiger partial charge on any atom is 0.534 e. The van der Waals surface area contributed by atoms with Crippen LogP contribution in [0.1, 0.15) is 24.1 Å². The molecule has 8 nitrogen and oxygen atoms in total. The zero-order valence-electron chi connectivity index (χ0n) is 19.5. The number of ether oxygens (including phenoxy) is 1. The van der Waals surface area contributed by atoms with Crippen molar-refractivity contribution in [3.05, 3.63) is 53.7 Å². The van der Waals surface area contributed by atoms with Gasteiger partial charge >= 0.3 is 21.6 Å². The lowest BCUT2D eigenvalue weighted by molar-refractivity contribution is -0.0502. The van der Waals surface area contributed by atoms with Gasteiger partial charge in [0, 0.05) is 29.2 Å². The van der Waals surface area contributed by atoms with Gasteiger partial charge in [0.25, 0.3) is 0 Å². The number of benzene rings is 2. The van der Waals surface area contributed by atoms with Crippen molar-refractivity contribution in [1.82, 2.24) is 14.9 Å². The van der Waals surface area contributed by atoms with Gasteiger partial charge in [0.1, 0.15) is 6.61 Å². The van der Waals surface area contributed by atoms with Gasteiger partial charge < -0.3 is 18.7 Å². The molecule has 3 heterocycles. The van der Waals surface area contributed by atoms with Gasteiger partial charge in [0.2, 0.25) is 5.88 Å². The van der Waals surface area contributed by atoms with Gasteiger partial charge in [-0.3, -0.25) is 0 Å². The van der Waals surface area contributed by atoms with Gasteiger partial charge in [-0.05, 0) is 44.3 Å². The van der Waals surface area contributed by atoms with Gasteiger partial charge in [-0.25, -0.2) is 0 Å². The lowest BCUT2D eigenvalue weighted by Crippen LogP contribution is -2.34. The van der Waals surface area contributed by atoms with E-state index in [0.717, 1.165) is 35.8 Å². The first kappa shape index (κ1) is 24.6. The third-order valence-corrected chi connectivity index (χ3v) is 7.61. The van der Waals surface area contributed by atoms with E-state index in [1.807, 2.05) is 54.4 Å². The maximum atomic E-state index is 13.1. The van der Waals surface area contributed by atoms with Gasteiger partial charge in [-0.2, -0.15) is 31.6 Å². The summed E-state index contributed by atoms with van der Waals surface area (Å²) in [6.07, 6.45) is 2.11. The highest BCUT2D eigenvalue weighted by molar-refractivity contribution is 7.87. The standard InChI is InChI=1S/C24H25F3N4O4S/c1-30-12-5-8-17(30)15-34-23-28-20-14-31(21-10-4-7-16-6-2-3-9-18(16)21)13-11-19(20)22(29-23)35-36(32,33)24(25,26)27/h2-4,6-7,9-10,17H,5,8,11-15H2,1H3/t17-/m0/s1. The second-order valence-electron chi connectivity index (χ2n) is 8.98. The van der Waals surface area contributed by atoms with Crippen LogP contribution in [0.3, 0.4) is 0 Å². The molecule has 12 heteroatoms. The van der Waals surface area contributed by atoms with Crippen molar-refractivity contribution >= 4 is 26.6 Å². The Bertz CT molecular complexity index is 1380. The highest BCUT2D eigenvalue weighted by Gasteiger charge is 2.49. The van der Waals surface area contributed by atoms with E-state index in [4.69, 9.17) is 4.74 Å². The van der Waals surface area contributed by atoms with Crippen LogP contribution in [0.25, 0.3) is 10.8 Å². The summed E-state index contributed by atoms with van der Waals surface area (Å²) in [7, 11) is -3.94. The third kappa shape index (κ3) is 4.79. The third-order valence-electron chi connectivity index (χ3n) is 6.66. The molecule has 0 saturated carbocycles. The zero-order valence-corrected chi connectivity index (χ0v) is 20.3. The Hall–Kier alpha value is -3.12. The number of hydrogen-bond acceptors (Lipinski definition) is 8. The summed E-state index contributed by atoms with van der Waals surface area (Å²) >= 11 is 0. The maximum absolute atomic E-state index is 13.1. The molecule has 0 N–H and O–H groups in total. The number of likely N-dealkylation sites (tertiary alicyclic amines) is 1. The summed E-state index contributed by atoms with van der Waals surface area (Å²) in [5.74, 6) is -0.635. The zero-order chi connectivity index (χ0) is 25.5. The van der Waals surface area contributed by atoms with Crippen LogP contribution in [-0.2, 0) is 23.1 Å². The van der Waals surface area contributed by atoms with E-state index < -0.39 is 21.5 Å². The van der Waals surface area contributed by atoms with Crippen LogP contribution < -0.4 is 13.8 Å². The summed E-state index contributed by atoms with van der Waals surface area (Å²) < 4.78 is 73.1. The summed E-state index contributed by atoms with van der Waals surface area (Å²) in [5, 5.41) is 2.07. The van der Waals surface area contributed by atoms with E-state index in [-0.39, 0.29) is 37.2 Å². The van der Waals surface area contributed by atoms with E-state index in [1.54, 1.807) is 0 Å². The number of nitrogens with zero attached hydrogens (tertiary/aromatic N) is 4. The van der Waals surface area contributed by atoms with Crippen molar-refractivity contribution in [1.29, 1.82) is 0 Å². The lowest BCUT2D eigenvalue weighted by atomic mass is 10.0. The Morgan fingerprint density at radius 2 is 1.86 bits per heavy atom. The topological polar surface area (TPSA) is 84.9 Å². The summed E-state index contributed by atoms with van der Waals surface area (Å²) in [4.78, 5) is 12.6. The molecule has 1 aromatic heterocycles. The molecule has 2 aliphatic rings. The van der Waals surface area contributed by atoms with Gasteiger partial charge in [0.15, 0.2) is 0 Å². The smallest absolute Gasteiger partial charge is 0.462 e. The molecular formula is C24H25F3N4O4S. The highest BCUT2D eigenvalue weighted by atomic mass is 32.2. The molecule has 5 rings (SSSR count). The largest absolute Gasteiger partial charge is 0.534 e. The Kier molecular flexibility index (Phi) is 6.41. The number of halogens is 3. The van der Waals surface area contributed by atoms with Crippen molar-refractivity contribution in [3.63, 3.8) is 0 Å². The number of aromatic nitrogens is 2. The van der Waals surface area contributed by atoms with Crippen molar-refractivity contribution in [3.8, 4) is 11.9 Å². The Morgan fingerprint density at radius 3 is 2.61 bits per heavy atom. The minimum Gasteiger partial charge on any atom is -0.462 e. The normalized spacial score (nSPS) is 18.9. The van der Waals surface area contributed by atoms with Crippen molar-refractivity contribution in [2.45, 2.75) is 37.4 Å². The van der Waals surface area contributed by atoms with Crippen LogP contribution >= 0.6 is 0 Å². The minimum atomic E-state index is -5.90. The molecule has 0 radical (unpaired) electrons. The fourth-order valence-corrected chi connectivity index (χ4v) is 5.15. The average molecular weight is 523 g/mol. The van der Waals surface area contributed by atoms with Crippen LogP contribution in [-0.4, -0.2) is 61.6 Å². The van der Waals surface area contributed by atoms with E-state index in [0.29, 0.717) is 12.2 Å². The molecule has 1 atom stereocenters. The van der Waals surface area contributed by atoms with Crippen LogP contribution in [0.15, 0.2) is 42.5 Å². The van der Waals surface area contributed by atoms with E-state index in [9.17, 15) is 21.6 Å². The van der Waals surface area contributed by atoms with Crippen LogP contribution in [0.5, 0.6) is 11.9 Å². The number of anilines is 1. The molecule has 1 fully saturated rings. The molecule has 0 bridgehead atoms. The average Bonchev–Trinajstić information content (AvgIpc) is 3.25. The second-order valence-corrected chi connectivity index (χ2v) is 10.5. The predicted octanol–water partition coefficient (Wildman–Crippen LogP) is 3.89. The quantitative estimate of drug-likeness (QED) is 0.356. The minimum absolute atomic E-state index is 0.111. The predicted molar refractivity (Wildman–Crippen MR) is 127 cm³/mol. The van der Waals surface area contributed by atoms with Crippen LogP contribution in [0, 0.1) is 0 Å². The number of fused-ring (bicyclic) bond motifs is 2.